The van der Waals surface area contributed by atoms with E-state index < -0.39 is 11.7 Å². The Bertz CT molecular complexity index is 698. The third-order valence-electron chi connectivity index (χ3n) is 2.47. The minimum atomic E-state index is -0.512. The molecule has 0 radical (unpaired) electrons. The van der Waals surface area contributed by atoms with Crippen LogP contribution >= 0.6 is 0 Å². The molecular weight excluding hydrogens is 261 g/mol. The highest BCUT2D eigenvalue weighted by Gasteiger charge is 2.10. The fourth-order valence-corrected chi connectivity index (χ4v) is 1.56. The number of carbonyl (C=O) groups excluding carboxylic acids is 1. The minimum Gasteiger partial charge on any atom is -0.384 e. The van der Waals surface area contributed by atoms with Crippen molar-refractivity contribution in [1.29, 1.82) is 0 Å². The molecule has 0 saturated carbocycles. The Morgan fingerprint density at radius 1 is 1.50 bits per heavy atom. The second-order valence-corrected chi connectivity index (χ2v) is 3.98. The molecule has 0 atom stereocenters. The summed E-state index contributed by atoms with van der Waals surface area (Å²) in [4.78, 5) is 11.9. The average Bonchev–Trinajstić information content (AvgIpc) is 2.86. The summed E-state index contributed by atoms with van der Waals surface area (Å²) in [5.41, 5.74) is 0.780. The third-order valence-corrected chi connectivity index (χ3v) is 2.47. The van der Waals surface area contributed by atoms with Gasteiger partial charge in [-0.25, -0.2) is 4.39 Å². The molecule has 1 aromatic carbocycles. The molecule has 0 spiro atoms. The molecule has 20 heavy (non-hydrogen) atoms. The molecule has 0 aliphatic heterocycles. The normalized spacial score (nSPS) is 9.75. The van der Waals surface area contributed by atoms with Gasteiger partial charge in [-0.15, -0.1) is 0 Å². The number of nitrogens with one attached hydrogen (secondary N) is 1. The van der Waals surface area contributed by atoms with E-state index in [2.05, 4.69) is 22.3 Å². The number of benzene rings is 1. The van der Waals surface area contributed by atoms with Crippen molar-refractivity contribution in [3.63, 3.8) is 0 Å². The van der Waals surface area contributed by atoms with Gasteiger partial charge in [-0.2, -0.15) is 5.10 Å². The van der Waals surface area contributed by atoms with Gasteiger partial charge < -0.3 is 10.4 Å². The molecule has 0 bridgehead atoms. The number of aliphatic hydroxyl groups is 1. The number of hydrogen-bond donors (Lipinski definition) is 2. The maximum Gasteiger partial charge on any atom is 0.276 e. The summed E-state index contributed by atoms with van der Waals surface area (Å²) in [5.74, 6) is 3.93. The largest absolute Gasteiger partial charge is 0.384 e. The predicted octanol–water partition coefficient (Wildman–Crippen LogP) is 1.16. The molecule has 2 N–H and O–H groups in total. The number of aliphatic hydroxyl groups excluding tert-OH is 1. The molecule has 0 aliphatic rings. The summed E-state index contributed by atoms with van der Waals surface area (Å²) in [6.07, 6.45) is 1.65. The molecule has 0 fully saturated rings. The first-order valence-corrected chi connectivity index (χ1v) is 5.80. The highest BCUT2D eigenvalue weighted by Crippen LogP contribution is 2.14. The quantitative estimate of drug-likeness (QED) is 0.807. The van der Waals surface area contributed by atoms with Crippen molar-refractivity contribution in [2.24, 2.45) is 7.05 Å². The van der Waals surface area contributed by atoms with Crippen molar-refractivity contribution in [2.75, 3.05) is 11.9 Å². The zero-order valence-electron chi connectivity index (χ0n) is 10.7. The molecule has 0 saturated heterocycles. The second kappa shape index (κ2) is 5.99. The van der Waals surface area contributed by atoms with Gasteiger partial charge in [0.25, 0.3) is 5.91 Å². The first-order valence-electron chi connectivity index (χ1n) is 5.80. The molecule has 2 aromatic rings. The van der Waals surface area contributed by atoms with Gasteiger partial charge in [-0.1, -0.05) is 11.8 Å². The number of nitrogens with zero attached hydrogens (tertiary/aromatic N) is 2. The van der Waals surface area contributed by atoms with Crippen LogP contribution in [-0.4, -0.2) is 27.4 Å². The van der Waals surface area contributed by atoms with Crippen LogP contribution < -0.4 is 5.32 Å². The summed E-state index contributed by atoms with van der Waals surface area (Å²) in [7, 11) is 1.71. The highest BCUT2D eigenvalue weighted by molar-refractivity contribution is 6.02. The van der Waals surface area contributed by atoms with Crippen molar-refractivity contribution in [2.45, 2.75) is 0 Å². The average molecular weight is 273 g/mol. The van der Waals surface area contributed by atoms with Crippen LogP contribution in [0.1, 0.15) is 16.1 Å². The van der Waals surface area contributed by atoms with Crippen LogP contribution in [0.3, 0.4) is 0 Å². The number of anilines is 1. The van der Waals surface area contributed by atoms with E-state index in [1.807, 2.05) is 0 Å². The van der Waals surface area contributed by atoms with Crippen LogP contribution in [0.2, 0.25) is 0 Å². The predicted molar refractivity (Wildman–Crippen MR) is 71.5 cm³/mol. The van der Waals surface area contributed by atoms with Crippen molar-refractivity contribution in [3.05, 3.63) is 47.5 Å². The van der Waals surface area contributed by atoms with E-state index in [0.29, 0.717) is 5.69 Å². The number of amides is 1. The van der Waals surface area contributed by atoms with Gasteiger partial charge in [0, 0.05) is 18.9 Å². The van der Waals surface area contributed by atoms with Crippen molar-refractivity contribution in [1.82, 2.24) is 9.78 Å². The smallest absolute Gasteiger partial charge is 0.276 e. The lowest BCUT2D eigenvalue weighted by atomic mass is 10.2. The Balaban J connectivity index is 2.19. The van der Waals surface area contributed by atoms with Gasteiger partial charge in [0.15, 0.2) is 5.69 Å². The van der Waals surface area contributed by atoms with E-state index in [-0.39, 0.29) is 17.9 Å². The molecule has 1 aromatic heterocycles. The Hall–Kier alpha value is -2.65. The molecular formula is C14H12FN3O2. The van der Waals surface area contributed by atoms with Crippen molar-refractivity contribution < 1.29 is 14.3 Å². The lowest BCUT2D eigenvalue weighted by Gasteiger charge is -2.04. The molecule has 0 aliphatic carbocycles. The van der Waals surface area contributed by atoms with Crippen molar-refractivity contribution in [3.8, 4) is 11.8 Å². The number of halogens is 1. The first-order chi connectivity index (χ1) is 9.60. The second-order valence-electron chi connectivity index (χ2n) is 3.98. The number of hydrogen-bond acceptors (Lipinski definition) is 3. The standard InChI is InChI=1S/C14H12FN3O2/c1-18-7-6-13(17-18)14(20)16-11-4-5-12(15)10(9-11)3-2-8-19/h4-7,9,19H,8H2,1H3,(H,16,20). The Labute approximate surface area is 115 Å². The molecule has 0 unspecified atom stereocenters. The van der Waals surface area contributed by atoms with Gasteiger partial charge in [0.2, 0.25) is 0 Å². The molecule has 1 amide bonds. The first kappa shape index (κ1) is 13.8. The van der Waals surface area contributed by atoms with E-state index in [1.165, 1.54) is 22.9 Å². The van der Waals surface area contributed by atoms with Crippen LogP contribution in [0.4, 0.5) is 10.1 Å². The van der Waals surface area contributed by atoms with E-state index in [0.717, 1.165) is 0 Å². The highest BCUT2D eigenvalue weighted by atomic mass is 19.1. The summed E-state index contributed by atoms with van der Waals surface area (Å²) in [6, 6.07) is 5.61. The number of aromatic nitrogens is 2. The summed E-state index contributed by atoms with van der Waals surface area (Å²) in [6.45, 7) is -0.357. The Morgan fingerprint density at radius 3 is 2.95 bits per heavy atom. The zero-order valence-corrected chi connectivity index (χ0v) is 10.7. The van der Waals surface area contributed by atoms with Crippen LogP contribution in [0.5, 0.6) is 0 Å². The molecule has 102 valence electrons. The minimum absolute atomic E-state index is 0.109. The zero-order chi connectivity index (χ0) is 14.5. The SMILES string of the molecule is Cn1ccc(C(=O)Nc2ccc(F)c(C#CCO)c2)n1. The lowest BCUT2D eigenvalue weighted by Crippen LogP contribution is -2.13. The monoisotopic (exact) mass is 273 g/mol. The van der Waals surface area contributed by atoms with Gasteiger partial charge >= 0.3 is 0 Å². The maximum atomic E-state index is 13.4. The van der Waals surface area contributed by atoms with Crippen LogP contribution in [-0.2, 0) is 7.05 Å². The van der Waals surface area contributed by atoms with Crippen LogP contribution in [0, 0.1) is 17.7 Å². The molecule has 6 heteroatoms. The summed E-state index contributed by atoms with van der Waals surface area (Å²) in [5, 5.41) is 15.2. The fourth-order valence-electron chi connectivity index (χ4n) is 1.56. The van der Waals surface area contributed by atoms with E-state index in [4.69, 9.17) is 5.11 Å². The van der Waals surface area contributed by atoms with Gasteiger partial charge in [-0.05, 0) is 24.3 Å². The van der Waals surface area contributed by atoms with E-state index in [9.17, 15) is 9.18 Å². The van der Waals surface area contributed by atoms with Gasteiger partial charge in [0.05, 0.1) is 5.56 Å². The van der Waals surface area contributed by atoms with Gasteiger partial charge in [-0.3, -0.25) is 9.48 Å². The molecule has 5 nitrogen and oxygen atoms in total. The number of carbonyl (C=O) groups is 1. The van der Waals surface area contributed by atoms with E-state index in [1.54, 1.807) is 19.3 Å². The van der Waals surface area contributed by atoms with Gasteiger partial charge in [0.1, 0.15) is 12.4 Å². The van der Waals surface area contributed by atoms with Crippen LogP contribution in [0.25, 0.3) is 0 Å². The topological polar surface area (TPSA) is 67.2 Å². The number of rotatable bonds is 2. The number of aryl methyl sites for hydroxylation is 1. The third kappa shape index (κ3) is 3.22. The molecule has 2 rings (SSSR count). The summed E-state index contributed by atoms with van der Waals surface area (Å²) >= 11 is 0. The molecule has 1 heterocycles. The fraction of sp³-hybridized carbons (Fsp3) is 0.143. The Morgan fingerprint density at radius 2 is 2.30 bits per heavy atom. The lowest BCUT2D eigenvalue weighted by molar-refractivity contribution is 0.102. The van der Waals surface area contributed by atoms with Crippen LogP contribution in [0.15, 0.2) is 30.5 Å². The summed E-state index contributed by atoms with van der Waals surface area (Å²) < 4.78 is 15.0. The maximum absolute atomic E-state index is 13.4. The van der Waals surface area contributed by atoms with E-state index >= 15 is 0 Å². The van der Waals surface area contributed by atoms with Crippen molar-refractivity contribution >= 4 is 11.6 Å². The Kier molecular flexibility index (Phi) is 4.13.